The van der Waals surface area contributed by atoms with Crippen molar-refractivity contribution in [3.05, 3.63) is 63.0 Å². The van der Waals surface area contributed by atoms with Crippen molar-refractivity contribution in [2.24, 2.45) is 0 Å². The van der Waals surface area contributed by atoms with Gasteiger partial charge in [0.15, 0.2) is 11.6 Å². The number of carbonyl (C=O) groups is 1. The van der Waals surface area contributed by atoms with Gasteiger partial charge in [-0.15, -0.1) is 11.3 Å². The number of hydrogen-bond acceptors (Lipinski definition) is 6. The molecule has 0 N–H and O–H groups in total. The Morgan fingerprint density at radius 1 is 1.21 bits per heavy atom. The molecule has 1 amide bonds. The minimum atomic E-state index is -0.0522. The maximum Gasteiger partial charge on any atom is 0.260 e. The average Bonchev–Trinajstić information content (AvgIpc) is 3.19. The molecule has 4 rings (SSSR count). The largest absolute Gasteiger partial charge is 0.483 e. The molecule has 0 unspecified atom stereocenters. The number of nitrogens with zero attached hydrogens (tertiary/aromatic N) is 4. The molecule has 3 aromatic rings. The van der Waals surface area contributed by atoms with E-state index in [1.807, 2.05) is 42.3 Å². The van der Waals surface area contributed by atoms with Gasteiger partial charge in [0.05, 0.1) is 5.69 Å². The zero-order valence-corrected chi connectivity index (χ0v) is 17.4. The van der Waals surface area contributed by atoms with Crippen LogP contribution in [-0.2, 0) is 11.3 Å². The first-order chi connectivity index (χ1) is 14.0. The number of ether oxygens (including phenoxy) is 1. The van der Waals surface area contributed by atoms with E-state index in [2.05, 4.69) is 9.88 Å². The number of thiazole rings is 1. The highest BCUT2D eigenvalue weighted by Gasteiger charge is 2.22. The third kappa shape index (κ3) is 4.33. The first kappa shape index (κ1) is 19.6. The van der Waals surface area contributed by atoms with Crippen molar-refractivity contribution < 1.29 is 9.53 Å². The molecule has 0 saturated carbocycles. The third-order valence-electron chi connectivity index (χ3n) is 5.37. The Hall–Kier alpha value is -2.71. The fourth-order valence-electron chi connectivity index (χ4n) is 3.46. The third-order valence-corrected chi connectivity index (χ3v) is 6.13. The lowest BCUT2D eigenvalue weighted by Gasteiger charge is -2.34. The summed E-state index contributed by atoms with van der Waals surface area (Å²) in [5, 5.41) is 1.86. The fourth-order valence-corrected chi connectivity index (χ4v) is 4.20. The Morgan fingerprint density at radius 3 is 2.79 bits per heavy atom. The molecule has 0 radical (unpaired) electrons. The number of fused-ring (bicyclic) bond motifs is 1. The Kier molecular flexibility index (Phi) is 5.64. The van der Waals surface area contributed by atoms with E-state index in [0.29, 0.717) is 24.6 Å². The summed E-state index contributed by atoms with van der Waals surface area (Å²) in [6.45, 7) is 7.50. The van der Waals surface area contributed by atoms with Crippen molar-refractivity contribution in [1.82, 2.24) is 19.2 Å². The summed E-state index contributed by atoms with van der Waals surface area (Å²) in [5.41, 5.74) is 2.94. The molecule has 0 spiro atoms. The SMILES string of the molecule is Cc1cccc(OCC(=O)N2CCN(Cc3cc(=O)n4ccsc4n3)CC2)c1C. The molecule has 152 valence electrons. The number of piperazine rings is 1. The monoisotopic (exact) mass is 412 g/mol. The van der Waals surface area contributed by atoms with Crippen molar-refractivity contribution in [2.45, 2.75) is 20.4 Å². The van der Waals surface area contributed by atoms with Gasteiger partial charge < -0.3 is 9.64 Å². The highest BCUT2D eigenvalue weighted by Crippen LogP contribution is 2.20. The quantitative estimate of drug-likeness (QED) is 0.642. The van der Waals surface area contributed by atoms with Crippen LogP contribution in [0.5, 0.6) is 5.75 Å². The summed E-state index contributed by atoms with van der Waals surface area (Å²) >= 11 is 1.45. The van der Waals surface area contributed by atoms with Gasteiger partial charge in [-0.1, -0.05) is 12.1 Å². The minimum Gasteiger partial charge on any atom is -0.483 e. The second-order valence-corrected chi connectivity index (χ2v) is 8.16. The van der Waals surface area contributed by atoms with Gasteiger partial charge in [-0.3, -0.25) is 18.9 Å². The smallest absolute Gasteiger partial charge is 0.260 e. The minimum absolute atomic E-state index is 0.00179. The predicted octanol–water partition coefficient (Wildman–Crippen LogP) is 2.10. The first-order valence-corrected chi connectivity index (χ1v) is 10.5. The topological polar surface area (TPSA) is 67.2 Å². The molecular weight excluding hydrogens is 388 g/mol. The lowest BCUT2D eigenvalue weighted by Crippen LogP contribution is -2.49. The number of benzene rings is 1. The number of aromatic nitrogens is 2. The molecule has 1 aromatic carbocycles. The van der Waals surface area contributed by atoms with E-state index >= 15 is 0 Å². The van der Waals surface area contributed by atoms with Gasteiger partial charge in [-0.25, -0.2) is 4.98 Å². The van der Waals surface area contributed by atoms with Gasteiger partial charge in [0.2, 0.25) is 0 Å². The fraction of sp³-hybridized carbons (Fsp3) is 0.381. The van der Waals surface area contributed by atoms with Crippen LogP contribution < -0.4 is 10.3 Å². The maximum absolute atomic E-state index is 12.5. The first-order valence-electron chi connectivity index (χ1n) is 9.66. The summed E-state index contributed by atoms with van der Waals surface area (Å²) < 4.78 is 7.31. The van der Waals surface area contributed by atoms with Crippen LogP contribution in [0.1, 0.15) is 16.8 Å². The molecule has 29 heavy (non-hydrogen) atoms. The van der Waals surface area contributed by atoms with Gasteiger partial charge in [-0.05, 0) is 31.0 Å². The summed E-state index contributed by atoms with van der Waals surface area (Å²) in [6, 6.07) is 7.46. The Bertz CT molecular complexity index is 1080. The lowest BCUT2D eigenvalue weighted by atomic mass is 10.1. The van der Waals surface area contributed by atoms with E-state index in [-0.39, 0.29) is 18.1 Å². The zero-order chi connectivity index (χ0) is 20.4. The van der Waals surface area contributed by atoms with Crippen LogP contribution in [0.25, 0.3) is 4.96 Å². The van der Waals surface area contributed by atoms with E-state index in [1.165, 1.54) is 11.3 Å². The number of aryl methyl sites for hydroxylation is 1. The summed E-state index contributed by atoms with van der Waals surface area (Å²) in [5.74, 6) is 0.764. The van der Waals surface area contributed by atoms with Crippen LogP contribution in [0.3, 0.4) is 0 Å². The maximum atomic E-state index is 12.5. The predicted molar refractivity (Wildman–Crippen MR) is 113 cm³/mol. The molecule has 1 aliphatic rings. The molecule has 2 aromatic heterocycles. The van der Waals surface area contributed by atoms with Crippen LogP contribution in [0.2, 0.25) is 0 Å². The molecule has 1 aliphatic heterocycles. The van der Waals surface area contributed by atoms with Gasteiger partial charge in [-0.2, -0.15) is 0 Å². The standard InChI is InChI=1S/C21H24N4O3S/c1-15-4-3-5-18(16(15)2)28-14-20(27)24-8-6-23(7-9-24)13-17-12-19(26)25-10-11-29-21(25)22-17/h3-5,10-12H,6-9,13-14H2,1-2H3. The summed E-state index contributed by atoms with van der Waals surface area (Å²) in [4.78, 5) is 34.0. The highest BCUT2D eigenvalue weighted by molar-refractivity contribution is 7.15. The zero-order valence-electron chi connectivity index (χ0n) is 16.6. The summed E-state index contributed by atoms with van der Waals surface area (Å²) in [7, 11) is 0. The van der Waals surface area contributed by atoms with Crippen LogP contribution in [0.4, 0.5) is 0 Å². The van der Waals surface area contributed by atoms with E-state index in [9.17, 15) is 9.59 Å². The molecule has 0 bridgehead atoms. The molecule has 3 heterocycles. The van der Waals surface area contributed by atoms with Crippen LogP contribution in [-0.4, -0.2) is 57.9 Å². The average molecular weight is 413 g/mol. The van der Waals surface area contributed by atoms with Gasteiger partial charge in [0.25, 0.3) is 11.5 Å². The van der Waals surface area contributed by atoms with Crippen LogP contribution in [0, 0.1) is 13.8 Å². The Morgan fingerprint density at radius 2 is 2.00 bits per heavy atom. The number of amides is 1. The van der Waals surface area contributed by atoms with E-state index in [0.717, 1.165) is 35.7 Å². The second kappa shape index (κ2) is 8.34. The van der Waals surface area contributed by atoms with Crippen molar-refractivity contribution in [2.75, 3.05) is 32.8 Å². The van der Waals surface area contributed by atoms with E-state index in [4.69, 9.17) is 4.74 Å². The summed E-state index contributed by atoms with van der Waals surface area (Å²) in [6.07, 6.45) is 1.74. The number of carbonyl (C=O) groups excluding carboxylic acids is 1. The Balaban J connectivity index is 1.30. The molecule has 7 nitrogen and oxygen atoms in total. The van der Waals surface area contributed by atoms with Crippen LogP contribution >= 0.6 is 11.3 Å². The molecule has 8 heteroatoms. The van der Waals surface area contributed by atoms with Gasteiger partial charge >= 0.3 is 0 Å². The van der Waals surface area contributed by atoms with E-state index < -0.39 is 0 Å². The van der Waals surface area contributed by atoms with Gasteiger partial charge in [0, 0.05) is 50.4 Å². The highest BCUT2D eigenvalue weighted by atomic mass is 32.1. The Labute approximate surface area is 173 Å². The van der Waals surface area contributed by atoms with Crippen molar-refractivity contribution in [1.29, 1.82) is 0 Å². The van der Waals surface area contributed by atoms with Crippen molar-refractivity contribution in [3.63, 3.8) is 0 Å². The number of hydrogen-bond donors (Lipinski definition) is 0. The van der Waals surface area contributed by atoms with E-state index in [1.54, 1.807) is 16.7 Å². The number of rotatable bonds is 5. The van der Waals surface area contributed by atoms with Crippen molar-refractivity contribution >= 4 is 22.2 Å². The van der Waals surface area contributed by atoms with Crippen molar-refractivity contribution in [3.8, 4) is 5.75 Å². The lowest BCUT2D eigenvalue weighted by molar-refractivity contribution is -0.135. The van der Waals surface area contributed by atoms with Crippen LogP contribution in [0.15, 0.2) is 40.6 Å². The molecule has 0 aliphatic carbocycles. The second-order valence-electron chi connectivity index (χ2n) is 7.28. The molecule has 1 saturated heterocycles. The molecular formula is C21H24N4O3S. The van der Waals surface area contributed by atoms with Gasteiger partial charge in [0.1, 0.15) is 5.75 Å². The normalized spacial score (nSPS) is 15.0. The molecule has 1 fully saturated rings. The molecule has 0 atom stereocenters.